The van der Waals surface area contributed by atoms with E-state index in [9.17, 15) is 14.4 Å². The lowest BCUT2D eigenvalue weighted by atomic mass is 9.36. The average molecular weight is 814 g/mol. The number of aromatic nitrogens is 2. The van der Waals surface area contributed by atoms with Gasteiger partial charge in [-0.25, -0.2) is 4.98 Å². The molecular weight excluding hydrogens is 747 g/mol. The van der Waals surface area contributed by atoms with Crippen molar-refractivity contribution in [3.8, 4) is 11.3 Å². The highest BCUT2D eigenvalue weighted by molar-refractivity contribution is 5.85. The number of H-pyrrole nitrogens is 1. The number of rotatable bonds is 9. The lowest BCUT2D eigenvalue weighted by molar-refractivity contribution is -0.224. The topological polar surface area (TPSA) is 110 Å². The largest absolute Gasteiger partial charge is 0.462 e. The molecule has 12 atom stereocenters. The number of hydrogen-bond acceptors (Lipinski definition) is 6. The van der Waals surface area contributed by atoms with E-state index in [2.05, 4.69) is 50.1 Å². The summed E-state index contributed by atoms with van der Waals surface area (Å²) in [5.41, 5.74) is 2.76. The van der Waals surface area contributed by atoms with Gasteiger partial charge >= 0.3 is 11.9 Å². The summed E-state index contributed by atoms with van der Waals surface area (Å²) in [6, 6.07) is 20.1. The number of nitrogens with zero attached hydrogens (tertiary/aromatic N) is 1. The van der Waals surface area contributed by atoms with Crippen LogP contribution in [0.1, 0.15) is 136 Å². The van der Waals surface area contributed by atoms with Gasteiger partial charge in [0.25, 0.3) is 0 Å². The number of amides is 1. The van der Waals surface area contributed by atoms with Crippen molar-refractivity contribution in [1.82, 2.24) is 15.3 Å². The molecule has 8 nitrogen and oxygen atoms in total. The van der Waals surface area contributed by atoms with Gasteiger partial charge in [-0.15, -0.1) is 0 Å². The number of hydrogen-bond donors (Lipinski definition) is 2. The highest BCUT2D eigenvalue weighted by Gasteiger charge is 2.68. The Morgan fingerprint density at radius 2 is 1.47 bits per heavy atom. The Kier molecular flexibility index (Phi) is 9.76. The van der Waals surface area contributed by atoms with Crippen molar-refractivity contribution in [2.45, 2.75) is 143 Å². The number of aromatic amines is 1. The van der Waals surface area contributed by atoms with Crippen LogP contribution in [0, 0.1) is 69.0 Å². The second-order valence-corrected chi connectivity index (χ2v) is 21.9. The summed E-state index contributed by atoms with van der Waals surface area (Å²) in [6.45, 7) is 12.3. The maximum atomic E-state index is 14.8. The van der Waals surface area contributed by atoms with Crippen molar-refractivity contribution < 1.29 is 23.9 Å². The zero-order chi connectivity index (χ0) is 41.7. The number of benzene rings is 2. The summed E-state index contributed by atoms with van der Waals surface area (Å²) in [5.74, 6) is 3.09. The Hall–Kier alpha value is -3.94. The van der Waals surface area contributed by atoms with Crippen LogP contribution >= 0.6 is 0 Å². The molecule has 7 fully saturated rings. The predicted molar refractivity (Wildman–Crippen MR) is 231 cm³/mol. The van der Waals surface area contributed by atoms with Gasteiger partial charge in [0.1, 0.15) is 18.5 Å². The molecule has 0 spiro atoms. The van der Waals surface area contributed by atoms with Crippen LogP contribution in [0.4, 0.5) is 0 Å². The number of carbonyl (C=O) groups excluding carboxylic acids is 3. The molecule has 0 bridgehead atoms. The van der Waals surface area contributed by atoms with Crippen LogP contribution in [-0.2, 0) is 36.0 Å². The SMILES string of the molecule is CC1C(C(=O)OCc2ccccc2)CC1C(=O)OC1CCC2(C)C(CCC3(C)C4CCC5(C(=O)NC6(c7ncc(-c8ccccc8)[nH]7)CC6)CCCC5C4CCC32)C1(C)C. The van der Waals surface area contributed by atoms with E-state index in [4.69, 9.17) is 14.5 Å². The van der Waals surface area contributed by atoms with Crippen molar-refractivity contribution >= 4 is 17.8 Å². The molecule has 60 heavy (non-hydrogen) atoms. The molecule has 2 N–H and O–H groups in total. The van der Waals surface area contributed by atoms with Gasteiger partial charge in [0, 0.05) is 5.41 Å². The van der Waals surface area contributed by atoms with Gasteiger partial charge in [0.15, 0.2) is 0 Å². The Morgan fingerprint density at radius 1 is 0.750 bits per heavy atom. The Morgan fingerprint density at radius 3 is 2.20 bits per heavy atom. The summed E-state index contributed by atoms with van der Waals surface area (Å²) in [5, 5.41) is 3.66. The van der Waals surface area contributed by atoms with Gasteiger partial charge in [0.05, 0.1) is 34.7 Å². The van der Waals surface area contributed by atoms with Crippen molar-refractivity contribution in [3.63, 3.8) is 0 Å². The molecule has 1 amide bonds. The molecule has 2 aromatic carbocycles. The molecule has 8 heteroatoms. The van der Waals surface area contributed by atoms with E-state index in [1.807, 2.05) is 61.7 Å². The first-order valence-corrected chi connectivity index (χ1v) is 23.6. The molecule has 12 unspecified atom stereocenters. The smallest absolute Gasteiger partial charge is 0.309 e. The van der Waals surface area contributed by atoms with Gasteiger partial charge < -0.3 is 19.8 Å². The van der Waals surface area contributed by atoms with E-state index in [1.54, 1.807) is 0 Å². The van der Waals surface area contributed by atoms with Crippen molar-refractivity contribution in [1.29, 1.82) is 0 Å². The van der Waals surface area contributed by atoms with Gasteiger partial charge in [-0.3, -0.25) is 14.4 Å². The molecule has 1 aromatic heterocycles. The maximum absolute atomic E-state index is 14.8. The summed E-state index contributed by atoms with van der Waals surface area (Å²) >= 11 is 0. The number of carbonyl (C=O) groups is 3. The Balaban J connectivity index is 0.786. The molecule has 0 saturated heterocycles. The lowest BCUT2D eigenvalue weighted by Gasteiger charge is -2.69. The minimum absolute atomic E-state index is 0.0811. The molecular formula is C52H67N3O5. The molecule has 0 aliphatic heterocycles. The fourth-order valence-electron chi connectivity index (χ4n) is 15.5. The molecule has 10 rings (SSSR count). The third-order valence-electron chi connectivity index (χ3n) is 19.0. The number of fused-ring (bicyclic) bond motifs is 7. The fourth-order valence-corrected chi connectivity index (χ4v) is 15.5. The van der Waals surface area contributed by atoms with Crippen molar-refractivity contribution in [2.75, 3.05) is 0 Å². The second kappa shape index (κ2) is 14.6. The second-order valence-electron chi connectivity index (χ2n) is 21.9. The zero-order valence-corrected chi connectivity index (χ0v) is 36.6. The number of esters is 2. The quantitative estimate of drug-likeness (QED) is 0.208. The first kappa shape index (κ1) is 40.2. The molecule has 1 heterocycles. The van der Waals surface area contributed by atoms with E-state index in [0.717, 1.165) is 80.4 Å². The van der Waals surface area contributed by atoms with Gasteiger partial charge in [0.2, 0.25) is 5.91 Å². The Labute approximate surface area is 357 Å². The lowest BCUT2D eigenvalue weighted by Crippen LogP contribution is -2.64. The van der Waals surface area contributed by atoms with Gasteiger partial charge in [-0.1, -0.05) is 102 Å². The summed E-state index contributed by atoms with van der Waals surface area (Å²) in [4.78, 5) is 49.9. The number of imidazole rings is 1. The molecule has 320 valence electrons. The van der Waals surface area contributed by atoms with Crippen LogP contribution in [-0.4, -0.2) is 33.9 Å². The number of nitrogens with one attached hydrogen (secondary N) is 2. The molecule has 7 aliphatic rings. The minimum Gasteiger partial charge on any atom is -0.462 e. The van der Waals surface area contributed by atoms with Gasteiger partial charge in [-0.05, 0) is 141 Å². The van der Waals surface area contributed by atoms with Crippen molar-refractivity contribution in [2.24, 2.45) is 69.0 Å². The standard InChI is InChI=1S/C52H67N3O5/c1-32-36(44(56)59-31-33-13-8-6-9-14-33)29-37(32)45(57)60-43-22-25-50(5)41(48(43,2)3)21-24-49(4)38-20-26-51(23-12-17-39(51)35(38)18-19-42(49)50)47(58)55-52(27-28-52)46-53-30-40(54-46)34-15-10-7-11-16-34/h6-11,13-16,30,32,35-39,41-43H,12,17-29,31H2,1-5H3,(H,53,54)(H,55,58). The molecule has 0 radical (unpaired) electrons. The predicted octanol–water partition coefficient (Wildman–Crippen LogP) is 10.6. The first-order chi connectivity index (χ1) is 28.8. The van der Waals surface area contributed by atoms with Crippen LogP contribution < -0.4 is 5.32 Å². The van der Waals surface area contributed by atoms with Crippen LogP contribution in [0.3, 0.4) is 0 Å². The minimum atomic E-state index is -0.366. The zero-order valence-electron chi connectivity index (χ0n) is 36.6. The van der Waals surface area contributed by atoms with Crippen LogP contribution in [0.25, 0.3) is 11.3 Å². The molecule has 7 saturated carbocycles. The average Bonchev–Trinajstić information content (AvgIpc) is 3.60. The van der Waals surface area contributed by atoms with Crippen LogP contribution in [0.2, 0.25) is 0 Å². The van der Waals surface area contributed by atoms with E-state index < -0.39 is 0 Å². The van der Waals surface area contributed by atoms with Crippen molar-refractivity contribution in [3.05, 3.63) is 78.2 Å². The Bertz CT molecular complexity index is 2110. The first-order valence-electron chi connectivity index (χ1n) is 23.6. The van der Waals surface area contributed by atoms with Crippen LogP contribution in [0.15, 0.2) is 66.9 Å². The van der Waals surface area contributed by atoms with E-state index in [-0.39, 0.29) is 69.6 Å². The normalized spacial score (nSPS) is 39.4. The van der Waals surface area contributed by atoms with E-state index in [0.29, 0.717) is 41.9 Å². The monoisotopic (exact) mass is 814 g/mol. The van der Waals surface area contributed by atoms with Crippen LogP contribution in [0.5, 0.6) is 0 Å². The van der Waals surface area contributed by atoms with E-state index >= 15 is 0 Å². The molecule has 3 aromatic rings. The highest BCUT2D eigenvalue weighted by atomic mass is 16.5. The summed E-state index contributed by atoms with van der Waals surface area (Å²) < 4.78 is 12.2. The molecule has 7 aliphatic carbocycles. The fraction of sp³-hybridized carbons (Fsp3) is 0.654. The third kappa shape index (κ3) is 6.25. The summed E-state index contributed by atoms with van der Waals surface area (Å²) in [6.07, 6.45) is 16.5. The van der Waals surface area contributed by atoms with E-state index in [1.165, 1.54) is 25.7 Å². The van der Waals surface area contributed by atoms with Gasteiger partial charge in [-0.2, -0.15) is 0 Å². The summed E-state index contributed by atoms with van der Waals surface area (Å²) in [7, 11) is 0. The highest BCUT2D eigenvalue weighted by Crippen LogP contribution is 2.73. The number of ether oxygens (including phenoxy) is 2. The maximum Gasteiger partial charge on any atom is 0.309 e. The third-order valence-corrected chi connectivity index (χ3v) is 19.0.